The van der Waals surface area contributed by atoms with Gasteiger partial charge >= 0.3 is 5.97 Å². The van der Waals surface area contributed by atoms with Crippen molar-refractivity contribution in [3.8, 4) is 0 Å². The van der Waals surface area contributed by atoms with Crippen molar-refractivity contribution in [2.75, 3.05) is 0 Å². The summed E-state index contributed by atoms with van der Waals surface area (Å²) in [7, 11) is 0. The Morgan fingerprint density at radius 1 is 1.32 bits per heavy atom. The number of carboxylic acid groups (broad SMARTS) is 1. The molecule has 4 N–H and O–H groups in total. The second kappa shape index (κ2) is 8.15. The van der Waals surface area contributed by atoms with Crippen LogP contribution in [0, 0.1) is 5.92 Å². The van der Waals surface area contributed by atoms with E-state index in [-0.39, 0.29) is 24.4 Å². The van der Waals surface area contributed by atoms with Gasteiger partial charge in [-0.3, -0.25) is 9.59 Å². The van der Waals surface area contributed by atoms with Crippen LogP contribution >= 0.6 is 0 Å². The predicted molar refractivity (Wildman–Crippen MR) is 73.6 cm³/mol. The molecule has 1 fully saturated rings. The Bertz CT molecular complexity index is 307. The lowest BCUT2D eigenvalue weighted by Crippen LogP contribution is -2.44. The molecule has 0 radical (unpaired) electrons. The summed E-state index contributed by atoms with van der Waals surface area (Å²) in [4.78, 5) is 23.1. The summed E-state index contributed by atoms with van der Waals surface area (Å²) in [5.74, 6) is -1.36. The van der Waals surface area contributed by atoms with Crippen molar-refractivity contribution in [2.45, 2.75) is 70.4 Å². The van der Waals surface area contributed by atoms with Gasteiger partial charge in [-0.15, -0.1) is 0 Å². The number of hydrogen-bond acceptors (Lipinski definition) is 3. The Hall–Kier alpha value is -1.10. The summed E-state index contributed by atoms with van der Waals surface area (Å²) >= 11 is 0. The molecule has 1 aliphatic carbocycles. The molecule has 1 saturated carbocycles. The van der Waals surface area contributed by atoms with Crippen molar-refractivity contribution in [3.63, 3.8) is 0 Å². The fraction of sp³-hybridized carbons (Fsp3) is 0.857. The zero-order valence-corrected chi connectivity index (χ0v) is 11.7. The lowest BCUT2D eigenvalue weighted by molar-refractivity contribution is -0.143. The first-order valence-corrected chi connectivity index (χ1v) is 7.32. The number of aliphatic carboxylic acids is 1. The third kappa shape index (κ3) is 5.59. The van der Waals surface area contributed by atoms with Gasteiger partial charge in [-0.25, -0.2) is 0 Å². The fourth-order valence-electron chi connectivity index (χ4n) is 2.75. The van der Waals surface area contributed by atoms with E-state index in [9.17, 15) is 14.7 Å². The highest BCUT2D eigenvalue weighted by Gasteiger charge is 2.30. The summed E-state index contributed by atoms with van der Waals surface area (Å²) in [5, 5.41) is 12.1. The van der Waals surface area contributed by atoms with Crippen LogP contribution in [0.1, 0.15) is 58.3 Å². The van der Waals surface area contributed by atoms with Crippen molar-refractivity contribution in [1.82, 2.24) is 5.32 Å². The number of carboxylic acids is 1. The van der Waals surface area contributed by atoms with Gasteiger partial charge in [-0.05, 0) is 19.3 Å². The van der Waals surface area contributed by atoms with Crippen LogP contribution < -0.4 is 11.1 Å². The number of carbonyl (C=O) groups excluding carboxylic acids is 1. The van der Waals surface area contributed by atoms with E-state index in [2.05, 4.69) is 5.32 Å². The molecule has 1 rings (SSSR count). The Balaban J connectivity index is 2.51. The van der Waals surface area contributed by atoms with Gasteiger partial charge in [-0.2, -0.15) is 0 Å². The zero-order valence-electron chi connectivity index (χ0n) is 11.7. The molecule has 0 heterocycles. The molecular formula is C14H26N2O3. The Labute approximate surface area is 114 Å². The zero-order chi connectivity index (χ0) is 14.3. The second-order valence-corrected chi connectivity index (χ2v) is 5.51. The van der Waals surface area contributed by atoms with Crippen LogP contribution in [-0.4, -0.2) is 29.1 Å². The molecule has 5 nitrogen and oxygen atoms in total. The summed E-state index contributed by atoms with van der Waals surface area (Å²) in [6.07, 6.45) is 6.43. The van der Waals surface area contributed by atoms with Crippen LogP contribution in [0.4, 0.5) is 0 Å². The van der Waals surface area contributed by atoms with Crippen LogP contribution in [0.5, 0.6) is 0 Å². The van der Waals surface area contributed by atoms with Gasteiger partial charge in [0.25, 0.3) is 0 Å². The maximum atomic E-state index is 11.9. The van der Waals surface area contributed by atoms with E-state index in [0.29, 0.717) is 6.42 Å². The molecule has 19 heavy (non-hydrogen) atoms. The van der Waals surface area contributed by atoms with Crippen molar-refractivity contribution in [2.24, 2.45) is 11.7 Å². The monoisotopic (exact) mass is 270 g/mol. The van der Waals surface area contributed by atoms with Gasteiger partial charge in [0.15, 0.2) is 0 Å². The largest absolute Gasteiger partial charge is 0.481 e. The summed E-state index contributed by atoms with van der Waals surface area (Å²) in [6.45, 7) is 2.03. The molecule has 0 aliphatic heterocycles. The van der Waals surface area contributed by atoms with Crippen molar-refractivity contribution >= 4 is 11.9 Å². The van der Waals surface area contributed by atoms with Crippen LogP contribution in [0.25, 0.3) is 0 Å². The lowest BCUT2D eigenvalue weighted by atomic mass is 9.94. The molecule has 110 valence electrons. The third-order valence-electron chi connectivity index (χ3n) is 3.79. The van der Waals surface area contributed by atoms with Gasteiger partial charge in [-0.1, -0.05) is 32.6 Å². The summed E-state index contributed by atoms with van der Waals surface area (Å²) in [5.41, 5.74) is 5.84. The van der Waals surface area contributed by atoms with Gasteiger partial charge in [0.1, 0.15) is 0 Å². The lowest BCUT2D eigenvalue weighted by Gasteiger charge is -2.23. The minimum atomic E-state index is -0.801. The van der Waals surface area contributed by atoms with Crippen LogP contribution in [0.15, 0.2) is 0 Å². The number of nitrogens with two attached hydrogens (primary N) is 1. The first-order chi connectivity index (χ1) is 9.04. The maximum Gasteiger partial charge on any atom is 0.308 e. The van der Waals surface area contributed by atoms with Crippen LogP contribution in [0.3, 0.4) is 0 Å². The van der Waals surface area contributed by atoms with E-state index in [1.54, 1.807) is 0 Å². The van der Waals surface area contributed by atoms with E-state index in [0.717, 1.165) is 38.5 Å². The molecule has 0 aromatic rings. The molecule has 1 aliphatic rings. The number of hydrogen-bond donors (Lipinski definition) is 3. The highest BCUT2D eigenvalue weighted by molar-refractivity contribution is 5.78. The average Bonchev–Trinajstić information content (AvgIpc) is 2.54. The summed E-state index contributed by atoms with van der Waals surface area (Å²) < 4.78 is 0. The molecule has 0 aromatic heterocycles. The standard InChI is InChI=1S/C14H26N2O3/c1-2-6-10(15)9-13(17)16-12-8-5-3-4-7-11(12)14(18)19/h10-12H,2-9,15H2,1H3,(H,16,17)(H,18,19). The molecule has 0 saturated heterocycles. The maximum absolute atomic E-state index is 11.9. The van der Waals surface area contributed by atoms with Gasteiger partial charge < -0.3 is 16.2 Å². The van der Waals surface area contributed by atoms with Crippen molar-refractivity contribution in [1.29, 1.82) is 0 Å². The van der Waals surface area contributed by atoms with E-state index in [4.69, 9.17) is 5.73 Å². The van der Waals surface area contributed by atoms with E-state index < -0.39 is 11.9 Å². The molecule has 3 atom stereocenters. The SMILES string of the molecule is CCCC(N)CC(=O)NC1CCCCCC1C(=O)O. The van der Waals surface area contributed by atoms with Crippen molar-refractivity contribution in [3.05, 3.63) is 0 Å². The molecule has 0 spiro atoms. The van der Waals surface area contributed by atoms with Crippen molar-refractivity contribution < 1.29 is 14.7 Å². The molecule has 0 bridgehead atoms. The Morgan fingerprint density at radius 2 is 2.00 bits per heavy atom. The van der Waals surface area contributed by atoms with Gasteiger partial charge in [0.05, 0.1) is 5.92 Å². The minimum Gasteiger partial charge on any atom is -0.481 e. The predicted octanol–water partition coefficient (Wildman–Crippen LogP) is 1.65. The molecular weight excluding hydrogens is 244 g/mol. The topological polar surface area (TPSA) is 92.4 Å². The number of nitrogens with one attached hydrogen (secondary N) is 1. The number of carbonyl (C=O) groups is 2. The minimum absolute atomic E-state index is 0.112. The first-order valence-electron chi connectivity index (χ1n) is 7.32. The van der Waals surface area contributed by atoms with Crippen LogP contribution in [0.2, 0.25) is 0 Å². The van der Waals surface area contributed by atoms with E-state index >= 15 is 0 Å². The van der Waals surface area contributed by atoms with Crippen LogP contribution in [-0.2, 0) is 9.59 Å². The Kier molecular flexibility index (Phi) is 6.84. The summed E-state index contributed by atoms with van der Waals surface area (Å²) in [6, 6.07) is -0.361. The highest BCUT2D eigenvalue weighted by Crippen LogP contribution is 2.24. The number of amides is 1. The normalized spacial score (nSPS) is 25.4. The third-order valence-corrected chi connectivity index (χ3v) is 3.79. The quantitative estimate of drug-likeness (QED) is 0.640. The average molecular weight is 270 g/mol. The van der Waals surface area contributed by atoms with Gasteiger partial charge in [0.2, 0.25) is 5.91 Å². The molecule has 0 aromatic carbocycles. The van der Waals surface area contributed by atoms with Gasteiger partial charge in [0, 0.05) is 18.5 Å². The van der Waals surface area contributed by atoms with E-state index in [1.807, 2.05) is 6.92 Å². The first kappa shape index (κ1) is 16.0. The number of rotatable bonds is 6. The highest BCUT2D eigenvalue weighted by atomic mass is 16.4. The molecule has 3 unspecified atom stereocenters. The molecule has 1 amide bonds. The molecule has 5 heteroatoms. The second-order valence-electron chi connectivity index (χ2n) is 5.51. The smallest absolute Gasteiger partial charge is 0.308 e. The Morgan fingerprint density at radius 3 is 2.63 bits per heavy atom. The van der Waals surface area contributed by atoms with E-state index in [1.165, 1.54) is 0 Å². The fourth-order valence-corrected chi connectivity index (χ4v) is 2.75.